The van der Waals surface area contributed by atoms with Gasteiger partial charge in [-0.2, -0.15) is 0 Å². The minimum atomic E-state index is -0.330. The second-order valence-corrected chi connectivity index (χ2v) is 7.18. The maximum absolute atomic E-state index is 12.8. The molecular formula is C21H16BrClN2O2. The highest BCUT2D eigenvalue weighted by Gasteiger charge is 2.16. The molecule has 0 saturated heterocycles. The van der Waals surface area contributed by atoms with Crippen molar-refractivity contribution in [3.05, 3.63) is 92.9 Å². The normalized spacial score (nSPS) is 10.3. The first-order chi connectivity index (χ1) is 13.0. The van der Waals surface area contributed by atoms with E-state index in [4.69, 9.17) is 11.6 Å². The van der Waals surface area contributed by atoms with Gasteiger partial charge in [-0.15, -0.1) is 0 Å². The van der Waals surface area contributed by atoms with Gasteiger partial charge in [0.2, 0.25) is 0 Å². The molecule has 0 fully saturated rings. The van der Waals surface area contributed by atoms with E-state index in [1.807, 2.05) is 19.1 Å². The minimum Gasteiger partial charge on any atom is -0.322 e. The van der Waals surface area contributed by atoms with E-state index in [0.717, 1.165) is 5.56 Å². The van der Waals surface area contributed by atoms with Crippen LogP contribution >= 0.6 is 27.5 Å². The molecule has 6 heteroatoms. The van der Waals surface area contributed by atoms with E-state index >= 15 is 0 Å². The van der Waals surface area contributed by atoms with Crippen molar-refractivity contribution < 1.29 is 9.59 Å². The highest BCUT2D eigenvalue weighted by Crippen LogP contribution is 2.24. The highest BCUT2D eigenvalue weighted by atomic mass is 79.9. The molecule has 0 aliphatic rings. The molecule has 0 bridgehead atoms. The summed E-state index contributed by atoms with van der Waals surface area (Å²) in [7, 11) is 0. The van der Waals surface area contributed by atoms with Crippen LogP contribution in [0.5, 0.6) is 0 Å². The Kier molecular flexibility index (Phi) is 5.94. The summed E-state index contributed by atoms with van der Waals surface area (Å²) in [4.78, 5) is 25.3. The Labute approximate surface area is 170 Å². The van der Waals surface area contributed by atoms with Crippen LogP contribution in [-0.2, 0) is 0 Å². The van der Waals surface area contributed by atoms with Crippen molar-refractivity contribution >= 4 is 50.7 Å². The molecule has 4 nitrogen and oxygen atoms in total. The Morgan fingerprint density at radius 3 is 2.15 bits per heavy atom. The number of carbonyl (C=O) groups is 2. The van der Waals surface area contributed by atoms with Crippen LogP contribution in [-0.4, -0.2) is 11.8 Å². The lowest BCUT2D eigenvalue weighted by molar-refractivity contribution is 0.102. The fourth-order valence-corrected chi connectivity index (χ4v) is 3.18. The number of carbonyl (C=O) groups excluding carboxylic acids is 2. The van der Waals surface area contributed by atoms with Crippen LogP contribution in [0.1, 0.15) is 26.3 Å². The first kappa shape index (κ1) is 19.1. The Morgan fingerprint density at radius 1 is 0.815 bits per heavy atom. The van der Waals surface area contributed by atoms with E-state index < -0.39 is 0 Å². The lowest BCUT2D eigenvalue weighted by atomic mass is 10.1. The summed E-state index contributed by atoms with van der Waals surface area (Å²) in [5.41, 5.74) is 2.79. The van der Waals surface area contributed by atoms with Crippen molar-refractivity contribution in [2.24, 2.45) is 0 Å². The molecule has 3 rings (SSSR count). The third-order valence-electron chi connectivity index (χ3n) is 3.99. The van der Waals surface area contributed by atoms with E-state index in [0.29, 0.717) is 32.0 Å². The quantitative estimate of drug-likeness (QED) is 0.526. The fraction of sp³-hybridized carbons (Fsp3) is 0.0476. The number of hydrogen-bond acceptors (Lipinski definition) is 2. The summed E-state index contributed by atoms with van der Waals surface area (Å²) in [6.45, 7) is 1.88. The largest absolute Gasteiger partial charge is 0.322 e. The van der Waals surface area contributed by atoms with Gasteiger partial charge in [-0.05, 0) is 64.8 Å². The molecular weight excluding hydrogens is 428 g/mol. The van der Waals surface area contributed by atoms with Gasteiger partial charge in [0.15, 0.2) is 0 Å². The van der Waals surface area contributed by atoms with Crippen LogP contribution in [0.25, 0.3) is 0 Å². The summed E-state index contributed by atoms with van der Waals surface area (Å²) in [6.07, 6.45) is 0. The van der Waals surface area contributed by atoms with E-state index in [1.165, 1.54) is 0 Å². The summed E-state index contributed by atoms with van der Waals surface area (Å²) >= 11 is 9.38. The molecule has 0 saturated carbocycles. The average Bonchev–Trinajstić information content (AvgIpc) is 2.65. The van der Waals surface area contributed by atoms with Gasteiger partial charge in [-0.1, -0.05) is 41.9 Å². The molecule has 0 unspecified atom stereocenters. The Balaban J connectivity index is 1.85. The molecule has 3 aromatic carbocycles. The summed E-state index contributed by atoms with van der Waals surface area (Å²) in [5.74, 6) is -0.634. The first-order valence-corrected chi connectivity index (χ1v) is 9.35. The minimum absolute atomic E-state index is 0.304. The molecule has 2 N–H and O–H groups in total. The van der Waals surface area contributed by atoms with E-state index in [9.17, 15) is 9.59 Å². The van der Waals surface area contributed by atoms with Gasteiger partial charge < -0.3 is 10.6 Å². The highest BCUT2D eigenvalue weighted by molar-refractivity contribution is 9.10. The van der Waals surface area contributed by atoms with E-state index in [1.54, 1.807) is 54.6 Å². The fourth-order valence-electron chi connectivity index (χ4n) is 2.54. The second kappa shape index (κ2) is 8.37. The standard InChI is InChI=1S/C21H16BrClN2O2/c1-13-10-11-14(23)12-19(13)25-21(27)16-7-3-5-9-18(16)24-20(26)15-6-2-4-8-17(15)22/h2-12H,1H3,(H,24,26)(H,25,27). The molecule has 0 aromatic heterocycles. The second-order valence-electron chi connectivity index (χ2n) is 5.89. The van der Waals surface area contributed by atoms with Gasteiger partial charge in [0.25, 0.3) is 11.8 Å². The number of rotatable bonds is 4. The topological polar surface area (TPSA) is 58.2 Å². The summed E-state index contributed by atoms with van der Waals surface area (Å²) in [6, 6.07) is 19.2. The van der Waals surface area contributed by atoms with Crippen molar-refractivity contribution in [2.45, 2.75) is 6.92 Å². The smallest absolute Gasteiger partial charge is 0.257 e. The van der Waals surface area contributed by atoms with Gasteiger partial charge in [0, 0.05) is 15.2 Å². The van der Waals surface area contributed by atoms with Crippen molar-refractivity contribution in [1.29, 1.82) is 0 Å². The average molecular weight is 444 g/mol. The number of para-hydroxylation sites is 1. The zero-order chi connectivity index (χ0) is 19.4. The Bertz CT molecular complexity index is 1020. The lowest BCUT2D eigenvalue weighted by Crippen LogP contribution is -2.18. The molecule has 0 atom stereocenters. The number of amides is 2. The SMILES string of the molecule is Cc1ccc(Cl)cc1NC(=O)c1ccccc1NC(=O)c1ccccc1Br. The molecule has 0 aliphatic heterocycles. The predicted molar refractivity (Wildman–Crippen MR) is 113 cm³/mol. The van der Waals surface area contributed by atoms with Crippen LogP contribution in [0, 0.1) is 6.92 Å². The number of hydrogen-bond donors (Lipinski definition) is 2. The number of benzene rings is 3. The molecule has 27 heavy (non-hydrogen) atoms. The van der Waals surface area contributed by atoms with E-state index in [2.05, 4.69) is 26.6 Å². The predicted octanol–water partition coefficient (Wildman–Crippen LogP) is 5.92. The zero-order valence-corrected chi connectivity index (χ0v) is 16.8. The monoisotopic (exact) mass is 442 g/mol. The van der Waals surface area contributed by atoms with Crippen molar-refractivity contribution in [2.75, 3.05) is 10.6 Å². The van der Waals surface area contributed by atoms with Gasteiger partial charge in [-0.25, -0.2) is 0 Å². The van der Waals surface area contributed by atoms with Crippen LogP contribution in [0.3, 0.4) is 0 Å². The maximum atomic E-state index is 12.8. The third kappa shape index (κ3) is 4.56. The molecule has 0 spiro atoms. The number of nitrogens with one attached hydrogen (secondary N) is 2. The molecule has 3 aromatic rings. The van der Waals surface area contributed by atoms with Gasteiger partial charge in [-0.3, -0.25) is 9.59 Å². The molecule has 2 amide bonds. The van der Waals surface area contributed by atoms with Crippen LogP contribution in [0.15, 0.2) is 71.2 Å². The first-order valence-electron chi connectivity index (χ1n) is 8.18. The number of anilines is 2. The van der Waals surface area contributed by atoms with Crippen molar-refractivity contribution in [3.8, 4) is 0 Å². The van der Waals surface area contributed by atoms with E-state index in [-0.39, 0.29) is 11.8 Å². The van der Waals surface area contributed by atoms with Crippen LogP contribution in [0.4, 0.5) is 11.4 Å². The van der Waals surface area contributed by atoms with Gasteiger partial charge in [0.05, 0.1) is 16.8 Å². The summed E-state index contributed by atoms with van der Waals surface area (Å²) < 4.78 is 0.680. The summed E-state index contributed by atoms with van der Waals surface area (Å²) in [5, 5.41) is 6.19. The molecule has 0 heterocycles. The molecule has 0 aliphatic carbocycles. The molecule has 0 radical (unpaired) electrons. The zero-order valence-electron chi connectivity index (χ0n) is 14.4. The van der Waals surface area contributed by atoms with Gasteiger partial charge in [0.1, 0.15) is 0 Å². The molecule has 136 valence electrons. The number of aryl methyl sites for hydroxylation is 1. The van der Waals surface area contributed by atoms with Crippen LogP contribution < -0.4 is 10.6 Å². The van der Waals surface area contributed by atoms with Crippen molar-refractivity contribution in [3.63, 3.8) is 0 Å². The Hall–Kier alpha value is -2.63. The van der Waals surface area contributed by atoms with Crippen molar-refractivity contribution in [1.82, 2.24) is 0 Å². The third-order valence-corrected chi connectivity index (χ3v) is 4.91. The Morgan fingerprint density at radius 2 is 1.41 bits per heavy atom. The lowest BCUT2D eigenvalue weighted by Gasteiger charge is -2.13. The number of halogens is 2. The van der Waals surface area contributed by atoms with Crippen LogP contribution in [0.2, 0.25) is 5.02 Å². The van der Waals surface area contributed by atoms with Gasteiger partial charge >= 0.3 is 0 Å². The maximum Gasteiger partial charge on any atom is 0.257 e.